The molecule has 1 atom stereocenters. The van der Waals surface area contributed by atoms with Gasteiger partial charge in [0.2, 0.25) is 29.1 Å². The lowest BCUT2D eigenvalue weighted by Crippen LogP contribution is -2.13. The number of hydrogen-bond acceptors (Lipinski definition) is 8. The number of hydrogen-bond donors (Lipinski definition) is 0. The van der Waals surface area contributed by atoms with E-state index in [1.54, 1.807) is 6.92 Å². The van der Waals surface area contributed by atoms with Crippen LogP contribution in [0.2, 0.25) is 0 Å². The number of halogens is 5. The zero-order valence-electron chi connectivity index (χ0n) is 20.4. The van der Waals surface area contributed by atoms with Crippen LogP contribution in [0.1, 0.15) is 19.8 Å². The Morgan fingerprint density at radius 1 is 0.639 bits per heavy atom. The van der Waals surface area contributed by atoms with Crippen LogP contribution < -0.4 is 4.74 Å². The molecule has 0 heterocycles. The summed E-state index contributed by atoms with van der Waals surface area (Å²) in [6.45, 7) is 6.43. The highest BCUT2D eigenvalue weighted by molar-refractivity contribution is 6.92. The van der Waals surface area contributed by atoms with E-state index in [4.69, 9.17) is 23.7 Å². The van der Waals surface area contributed by atoms with E-state index in [1.807, 2.05) is 0 Å². The Labute approximate surface area is 210 Å². The normalized spacial score (nSPS) is 10.3. The molecule has 8 nitrogen and oxygen atoms in total. The number of rotatable bonds is 19. The summed E-state index contributed by atoms with van der Waals surface area (Å²) < 4.78 is 92.4. The van der Waals surface area contributed by atoms with E-state index in [0.29, 0.717) is 78.9 Å². The molecule has 1 rings (SSSR count). The molecule has 1 aromatic carbocycles. The number of aldehydes is 1. The monoisotopic (exact) mass is 552 g/mol. The smallest absolute Gasteiger partial charge is 0.206 e. The minimum absolute atomic E-state index is 0. The van der Waals surface area contributed by atoms with Crippen molar-refractivity contribution in [1.29, 1.82) is 0 Å². The lowest BCUT2D eigenvalue weighted by Gasteiger charge is -2.07. The summed E-state index contributed by atoms with van der Waals surface area (Å²) in [7, 11) is 0.804. The zero-order chi connectivity index (χ0) is 26.5. The molecule has 210 valence electrons. The largest absolute Gasteiger partial charge is 0.491 e. The maximum absolute atomic E-state index is 12.6. The summed E-state index contributed by atoms with van der Waals surface area (Å²) in [5, 5.41) is 0. The molecule has 0 saturated heterocycles. The minimum Gasteiger partial charge on any atom is -0.491 e. The summed E-state index contributed by atoms with van der Waals surface area (Å²) >= 11 is 0. The van der Waals surface area contributed by atoms with Gasteiger partial charge in [-0.25, -0.2) is 13.2 Å². The standard InChI is InChI=1S/C15H28O7.C7H3F5O.H3P/c1-15(17)3-6-19-8-10-21-12-14-22-13-11-20-9-7-18-5-2-4-16;1-13-7-5(11)3(9)2(8)4(10)6(7)12;/h4H,2-3,5-14H2,1H3;1H3;1H3. The Hall–Kier alpha value is -1.76. The number of carbonyl (C=O) groups is 2. The van der Waals surface area contributed by atoms with Crippen molar-refractivity contribution in [2.75, 3.05) is 73.2 Å². The third-order valence-electron chi connectivity index (χ3n) is 3.84. The van der Waals surface area contributed by atoms with Gasteiger partial charge in [0.25, 0.3) is 0 Å². The van der Waals surface area contributed by atoms with Crippen molar-refractivity contribution in [2.24, 2.45) is 0 Å². The van der Waals surface area contributed by atoms with Gasteiger partial charge in [0.1, 0.15) is 12.1 Å². The van der Waals surface area contributed by atoms with E-state index in [2.05, 4.69) is 4.74 Å². The highest BCUT2D eigenvalue weighted by Gasteiger charge is 2.26. The average Bonchev–Trinajstić information content (AvgIpc) is 2.84. The van der Waals surface area contributed by atoms with Gasteiger partial charge in [0.05, 0.1) is 73.2 Å². The fourth-order valence-electron chi connectivity index (χ4n) is 2.09. The molecule has 1 aromatic rings. The Morgan fingerprint density at radius 3 is 1.31 bits per heavy atom. The third kappa shape index (κ3) is 16.8. The van der Waals surface area contributed by atoms with E-state index in [0.717, 1.165) is 13.4 Å². The highest BCUT2D eigenvalue weighted by atomic mass is 31.0. The third-order valence-corrected chi connectivity index (χ3v) is 3.84. The number of ether oxygens (including phenoxy) is 6. The van der Waals surface area contributed by atoms with Gasteiger partial charge in [-0.1, -0.05) is 0 Å². The van der Waals surface area contributed by atoms with Crippen LogP contribution in [0.4, 0.5) is 22.0 Å². The number of methoxy groups -OCH3 is 1. The zero-order valence-corrected chi connectivity index (χ0v) is 21.8. The first kappa shape index (κ1) is 36.4. The second-order valence-corrected chi connectivity index (χ2v) is 6.57. The number of carbonyl (C=O) groups excluding carboxylic acids is 2. The lowest BCUT2D eigenvalue weighted by atomic mass is 10.3. The summed E-state index contributed by atoms with van der Waals surface area (Å²) in [6, 6.07) is 0. The van der Waals surface area contributed by atoms with Gasteiger partial charge in [-0.2, -0.15) is 18.7 Å². The second kappa shape index (κ2) is 23.6. The molecule has 0 radical (unpaired) electrons. The van der Waals surface area contributed by atoms with Crippen LogP contribution in [0.5, 0.6) is 5.75 Å². The lowest BCUT2D eigenvalue weighted by molar-refractivity contribution is -0.118. The van der Waals surface area contributed by atoms with Gasteiger partial charge < -0.3 is 33.2 Å². The molecular weight excluding hydrogens is 518 g/mol. The fraction of sp³-hybridized carbons (Fsp3) is 0.636. The van der Waals surface area contributed by atoms with Crippen molar-refractivity contribution in [2.45, 2.75) is 19.8 Å². The van der Waals surface area contributed by atoms with Gasteiger partial charge in [-0.3, -0.25) is 4.79 Å². The van der Waals surface area contributed by atoms with E-state index < -0.39 is 34.8 Å². The molecule has 0 aromatic heterocycles. The number of Topliss-reactive ketones (excluding diaryl/α,β-unsaturated/α-hetero) is 1. The van der Waals surface area contributed by atoms with Gasteiger partial charge in [-0.15, -0.1) is 0 Å². The van der Waals surface area contributed by atoms with Crippen molar-refractivity contribution >= 4 is 22.0 Å². The summed E-state index contributed by atoms with van der Waals surface area (Å²) in [6.07, 6.45) is 1.70. The van der Waals surface area contributed by atoms with Gasteiger partial charge in [0, 0.05) is 12.8 Å². The van der Waals surface area contributed by atoms with Crippen LogP contribution in [0, 0.1) is 29.1 Å². The summed E-state index contributed by atoms with van der Waals surface area (Å²) in [5.41, 5.74) is 0. The second-order valence-electron chi connectivity index (χ2n) is 6.57. The van der Waals surface area contributed by atoms with Crippen molar-refractivity contribution in [3.63, 3.8) is 0 Å². The maximum atomic E-state index is 12.6. The highest BCUT2D eigenvalue weighted by Crippen LogP contribution is 2.28. The molecule has 0 N–H and O–H groups in total. The topological polar surface area (TPSA) is 89.5 Å². The fourth-order valence-corrected chi connectivity index (χ4v) is 2.09. The average molecular weight is 552 g/mol. The Morgan fingerprint density at radius 2 is 0.972 bits per heavy atom. The number of benzene rings is 1. The van der Waals surface area contributed by atoms with Crippen LogP contribution in [-0.2, 0) is 33.3 Å². The van der Waals surface area contributed by atoms with E-state index in [9.17, 15) is 31.5 Å². The molecule has 1 unspecified atom stereocenters. The van der Waals surface area contributed by atoms with E-state index in [-0.39, 0.29) is 15.7 Å². The predicted octanol–water partition coefficient (Wildman–Crippen LogP) is 3.09. The molecule has 0 saturated carbocycles. The Bertz CT molecular complexity index is 714. The Balaban J connectivity index is 0. The van der Waals surface area contributed by atoms with Crippen LogP contribution in [0.15, 0.2) is 0 Å². The first-order chi connectivity index (χ1) is 16.8. The van der Waals surface area contributed by atoms with Crippen LogP contribution in [-0.4, -0.2) is 85.2 Å². The predicted molar refractivity (Wildman–Crippen MR) is 124 cm³/mol. The molecule has 0 bridgehead atoms. The molecule has 36 heavy (non-hydrogen) atoms. The van der Waals surface area contributed by atoms with Crippen LogP contribution in [0.25, 0.3) is 0 Å². The van der Waals surface area contributed by atoms with E-state index in [1.165, 1.54) is 0 Å². The van der Waals surface area contributed by atoms with Crippen LogP contribution >= 0.6 is 9.90 Å². The molecule has 0 aliphatic carbocycles. The molecule has 0 spiro atoms. The summed E-state index contributed by atoms with van der Waals surface area (Å²) in [5.74, 6) is -11.3. The van der Waals surface area contributed by atoms with Gasteiger partial charge in [0.15, 0.2) is 5.75 Å². The minimum atomic E-state index is -2.20. The maximum Gasteiger partial charge on any atom is 0.206 e. The van der Waals surface area contributed by atoms with Gasteiger partial charge in [-0.05, 0) is 6.92 Å². The van der Waals surface area contributed by atoms with Crippen LogP contribution in [0.3, 0.4) is 0 Å². The molecule has 14 heteroatoms. The first-order valence-electron chi connectivity index (χ1n) is 10.6. The molecule has 0 fully saturated rings. The van der Waals surface area contributed by atoms with Gasteiger partial charge >= 0.3 is 0 Å². The van der Waals surface area contributed by atoms with Crippen molar-refractivity contribution < 1.29 is 60.0 Å². The van der Waals surface area contributed by atoms with Crippen molar-refractivity contribution in [1.82, 2.24) is 0 Å². The molecule has 0 aliphatic heterocycles. The molecule has 0 aliphatic rings. The SMILES string of the molecule is CC(=O)CCOCCOCCOCCOCCOCCC=O.COc1c(F)c(F)c(F)c(F)c1F.P. The number of ketones is 1. The van der Waals surface area contributed by atoms with E-state index >= 15 is 0 Å². The quantitative estimate of drug-likeness (QED) is 0.0647. The molecule has 0 amide bonds. The summed E-state index contributed by atoms with van der Waals surface area (Å²) in [4.78, 5) is 20.7. The van der Waals surface area contributed by atoms with Crippen molar-refractivity contribution in [3.05, 3.63) is 29.1 Å². The molecular formula is C22H34F5O8P. The Kier molecular flexibility index (Phi) is 23.9. The first-order valence-corrected chi connectivity index (χ1v) is 10.6. The van der Waals surface area contributed by atoms with Crippen molar-refractivity contribution in [3.8, 4) is 5.75 Å².